The van der Waals surface area contributed by atoms with Gasteiger partial charge in [-0.3, -0.25) is 4.79 Å². The quantitative estimate of drug-likeness (QED) is 0.625. The van der Waals surface area contributed by atoms with E-state index in [4.69, 9.17) is 4.74 Å². The molecular weight excluding hydrogens is 408 g/mol. The Labute approximate surface area is 186 Å². The Hall–Kier alpha value is -3.27. The molecule has 0 bridgehead atoms. The number of hydrogen-bond acceptors (Lipinski definition) is 8. The number of ether oxygens (including phenoxy) is 1. The van der Waals surface area contributed by atoms with Crippen molar-refractivity contribution in [1.82, 2.24) is 29.7 Å². The molecular formula is C22H28N8O2. The van der Waals surface area contributed by atoms with Gasteiger partial charge in [0.2, 0.25) is 11.8 Å². The zero-order valence-electron chi connectivity index (χ0n) is 18.7. The third-order valence-corrected chi connectivity index (χ3v) is 6.06. The number of anilines is 2. The number of fused-ring (bicyclic) bond motifs is 1. The fraction of sp³-hybridized carbons (Fsp3) is 0.500. The Morgan fingerprint density at radius 2 is 2.09 bits per heavy atom. The highest BCUT2D eigenvalue weighted by Gasteiger charge is 2.45. The highest BCUT2D eigenvalue weighted by Crippen LogP contribution is 2.46. The summed E-state index contributed by atoms with van der Waals surface area (Å²) in [6.45, 7) is 9.73. The molecule has 2 fully saturated rings. The molecule has 0 atom stereocenters. The summed E-state index contributed by atoms with van der Waals surface area (Å²) in [7, 11) is 0. The molecule has 10 nitrogen and oxygen atoms in total. The van der Waals surface area contributed by atoms with Crippen LogP contribution in [0.3, 0.4) is 0 Å². The van der Waals surface area contributed by atoms with Crippen molar-refractivity contribution in [2.24, 2.45) is 5.41 Å². The van der Waals surface area contributed by atoms with E-state index in [9.17, 15) is 4.79 Å². The second kappa shape index (κ2) is 8.01. The zero-order chi connectivity index (χ0) is 22.3. The van der Waals surface area contributed by atoms with Crippen LogP contribution in [0, 0.1) is 19.3 Å². The number of imidazole rings is 1. The largest absolute Gasteiger partial charge is 0.477 e. The van der Waals surface area contributed by atoms with E-state index in [1.165, 1.54) is 12.8 Å². The van der Waals surface area contributed by atoms with Crippen molar-refractivity contribution in [3.05, 3.63) is 35.5 Å². The maximum Gasteiger partial charge on any atom is 0.263 e. The standard InChI is InChI=1S/C22H28N8O2/c1-4-32-20-16(9-24-21(28-20)29-8-7-23-12-22(13-29)5-6-22)19(31)27-17-11-30-10-14(2)25-18(30)15(3)26-17/h9-11,23H,4-8,12-13H2,1-3H3,(H,27,31). The average Bonchev–Trinajstić information content (AvgIpc) is 3.47. The van der Waals surface area contributed by atoms with Crippen LogP contribution in [0.1, 0.15) is 41.5 Å². The number of aromatic nitrogens is 5. The van der Waals surface area contributed by atoms with Gasteiger partial charge in [-0.2, -0.15) is 4.98 Å². The minimum absolute atomic E-state index is 0.283. The Balaban J connectivity index is 1.40. The van der Waals surface area contributed by atoms with Crippen LogP contribution in [0.15, 0.2) is 18.6 Å². The van der Waals surface area contributed by atoms with Crippen molar-refractivity contribution in [2.75, 3.05) is 43.0 Å². The molecule has 1 saturated heterocycles. The maximum absolute atomic E-state index is 13.1. The van der Waals surface area contributed by atoms with E-state index >= 15 is 0 Å². The fourth-order valence-electron chi connectivity index (χ4n) is 4.22. The molecule has 3 aromatic heterocycles. The van der Waals surface area contributed by atoms with Gasteiger partial charge in [-0.1, -0.05) is 0 Å². The first-order valence-corrected chi connectivity index (χ1v) is 11.1. The number of carbonyl (C=O) groups excluding carboxylic acids is 1. The zero-order valence-corrected chi connectivity index (χ0v) is 18.7. The lowest BCUT2D eigenvalue weighted by molar-refractivity contribution is 0.102. The fourth-order valence-corrected chi connectivity index (χ4v) is 4.22. The normalized spacial score (nSPS) is 17.4. The van der Waals surface area contributed by atoms with Crippen LogP contribution in [0.4, 0.5) is 11.8 Å². The molecule has 0 radical (unpaired) electrons. The topological polar surface area (TPSA) is 110 Å². The Bertz CT molecular complexity index is 1170. The highest BCUT2D eigenvalue weighted by molar-refractivity contribution is 6.05. The van der Waals surface area contributed by atoms with Crippen molar-refractivity contribution in [2.45, 2.75) is 33.6 Å². The predicted molar refractivity (Wildman–Crippen MR) is 120 cm³/mol. The molecule has 168 valence electrons. The van der Waals surface area contributed by atoms with Gasteiger partial charge in [-0.05, 0) is 33.6 Å². The van der Waals surface area contributed by atoms with E-state index < -0.39 is 0 Å². The van der Waals surface area contributed by atoms with Crippen LogP contribution in [-0.4, -0.2) is 63.0 Å². The monoisotopic (exact) mass is 436 g/mol. The van der Waals surface area contributed by atoms with Crippen molar-refractivity contribution in [3.63, 3.8) is 0 Å². The molecule has 4 heterocycles. The second-order valence-corrected chi connectivity index (χ2v) is 8.70. The number of nitrogens with zero attached hydrogens (tertiary/aromatic N) is 6. The van der Waals surface area contributed by atoms with Crippen molar-refractivity contribution in [1.29, 1.82) is 0 Å². The lowest BCUT2D eigenvalue weighted by Crippen LogP contribution is -2.32. The summed E-state index contributed by atoms with van der Waals surface area (Å²) in [4.78, 5) is 33.3. The van der Waals surface area contributed by atoms with Gasteiger partial charge in [0, 0.05) is 44.0 Å². The lowest BCUT2D eigenvalue weighted by atomic mass is 10.1. The first-order valence-electron chi connectivity index (χ1n) is 11.1. The average molecular weight is 437 g/mol. The first kappa shape index (κ1) is 20.6. The molecule has 1 amide bonds. The van der Waals surface area contributed by atoms with Crippen LogP contribution in [-0.2, 0) is 0 Å². The van der Waals surface area contributed by atoms with Gasteiger partial charge < -0.3 is 24.7 Å². The Morgan fingerprint density at radius 1 is 1.25 bits per heavy atom. The Kier molecular flexibility index (Phi) is 5.16. The molecule has 0 aromatic carbocycles. The van der Waals surface area contributed by atoms with Crippen molar-refractivity contribution >= 4 is 23.3 Å². The molecule has 3 aromatic rings. The van der Waals surface area contributed by atoms with Crippen molar-refractivity contribution in [3.8, 4) is 5.88 Å². The van der Waals surface area contributed by atoms with Gasteiger partial charge in [-0.25, -0.2) is 15.0 Å². The van der Waals surface area contributed by atoms with Gasteiger partial charge >= 0.3 is 0 Å². The number of nitrogens with one attached hydrogen (secondary N) is 2. The van der Waals surface area contributed by atoms with Crippen molar-refractivity contribution < 1.29 is 9.53 Å². The van der Waals surface area contributed by atoms with E-state index in [2.05, 4.69) is 35.5 Å². The Morgan fingerprint density at radius 3 is 2.88 bits per heavy atom. The SMILES string of the molecule is CCOc1nc(N2CCNCC3(CC3)C2)ncc1C(=O)Nc1cn2cc(C)nc2c(C)n1. The second-order valence-electron chi connectivity index (χ2n) is 8.70. The van der Waals surface area contributed by atoms with Gasteiger partial charge in [0.05, 0.1) is 24.2 Å². The van der Waals surface area contributed by atoms with Gasteiger partial charge in [-0.15, -0.1) is 0 Å². The smallest absolute Gasteiger partial charge is 0.263 e. The third kappa shape index (κ3) is 3.97. The molecule has 1 aliphatic carbocycles. The van der Waals surface area contributed by atoms with E-state index in [1.54, 1.807) is 12.4 Å². The molecule has 2 N–H and O–H groups in total. The lowest BCUT2D eigenvalue weighted by Gasteiger charge is -2.24. The molecule has 1 aliphatic heterocycles. The minimum Gasteiger partial charge on any atom is -0.477 e. The predicted octanol–water partition coefficient (Wildman–Crippen LogP) is 1.98. The molecule has 1 saturated carbocycles. The summed E-state index contributed by atoms with van der Waals surface area (Å²) in [5.74, 6) is 0.954. The summed E-state index contributed by atoms with van der Waals surface area (Å²) in [5.41, 5.74) is 3.00. The number of rotatable bonds is 5. The molecule has 32 heavy (non-hydrogen) atoms. The van der Waals surface area contributed by atoms with Crippen LogP contribution in [0.2, 0.25) is 0 Å². The number of hydrogen-bond donors (Lipinski definition) is 2. The van der Waals surface area contributed by atoms with E-state index in [0.29, 0.717) is 23.8 Å². The van der Waals surface area contributed by atoms with E-state index in [-0.39, 0.29) is 17.4 Å². The van der Waals surface area contributed by atoms with Crippen LogP contribution in [0.25, 0.3) is 5.65 Å². The van der Waals surface area contributed by atoms with Gasteiger partial charge in [0.15, 0.2) is 5.65 Å². The van der Waals surface area contributed by atoms with Crippen LogP contribution in [0.5, 0.6) is 5.88 Å². The van der Waals surface area contributed by atoms with E-state index in [0.717, 1.165) is 43.2 Å². The summed E-state index contributed by atoms with van der Waals surface area (Å²) < 4.78 is 7.59. The number of amides is 1. The molecule has 2 aliphatic rings. The highest BCUT2D eigenvalue weighted by atomic mass is 16.5. The molecule has 0 unspecified atom stereocenters. The number of carbonyl (C=O) groups is 1. The van der Waals surface area contributed by atoms with Crippen LogP contribution >= 0.6 is 0 Å². The molecule has 1 spiro atoms. The maximum atomic E-state index is 13.1. The summed E-state index contributed by atoms with van der Waals surface area (Å²) >= 11 is 0. The summed E-state index contributed by atoms with van der Waals surface area (Å²) in [6, 6.07) is 0. The molecule has 10 heteroatoms. The third-order valence-electron chi connectivity index (χ3n) is 6.06. The summed E-state index contributed by atoms with van der Waals surface area (Å²) in [5, 5.41) is 6.36. The van der Waals surface area contributed by atoms with Gasteiger partial charge in [0.1, 0.15) is 11.4 Å². The first-order chi connectivity index (χ1) is 15.5. The number of aryl methyl sites for hydroxylation is 2. The molecule has 5 rings (SSSR count). The summed E-state index contributed by atoms with van der Waals surface area (Å²) in [6.07, 6.45) is 7.64. The van der Waals surface area contributed by atoms with E-state index in [1.807, 2.05) is 31.4 Å². The van der Waals surface area contributed by atoms with Crippen LogP contribution < -0.4 is 20.3 Å². The van der Waals surface area contributed by atoms with Gasteiger partial charge in [0.25, 0.3) is 5.91 Å². The minimum atomic E-state index is -0.362.